The van der Waals surface area contributed by atoms with Crippen molar-refractivity contribution in [2.45, 2.75) is 51.3 Å². The Balaban J connectivity index is 1.15. The molecule has 1 aromatic rings. The maximum atomic E-state index is 13.1. The molecule has 198 valence electrons. The van der Waals surface area contributed by atoms with Gasteiger partial charge in [-0.3, -0.25) is 44.0 Å². The van der Waals surface area contributed by atoms with Crippen molar-refractivity contribution in [2.75, 3.05) is 50.7 Å². The highest BCUT2D eigenvalue weighted by Gasteiger charge is 2.45. The number of hydrogen-bond acceptors (Lipinski definition) is 9. The first-order chi connectivity index (χ1) is 17.5. The van der Waals surface area contributed by atoms with Crippen LogP contribution in [0.1, 0.15) is 54.3 Å². The number of fused-ring (bicyclic) bond motifs is 1. The number of esters is 1. The predicted octanol–water partition coefficient (Wildman–Crippen LogP) is 0.236. The summed E-state index contributed by atoms with van der Waals surface area (Å²) in [6.45, 7) is 10.9. The van der Waals surface area contributed by atoms with E-state index in [0.717, 1.165) is 49.9 Å². The average Bonchev–Trinajstić information content (AvgIpc) is 3.03. The summed E-state index contributed by atoms with van der Waals surface area (Å²) in [5, 5.41) is 2.22. The highest BCUT2D eigenvalue weighted by Crippen LogP contribution is 2.32. The number of carbonyl (C=O) groups is 5. The van der Waals surface area contributed by atoms with E-state index >= 15 is 0 Å². The molecule has 0 bridgehead atoms. The highest BCUT2D eigenvalue weighted by molar-refractivity contribution is 6.23. The van der Waals surface area contributed by atoms with Crippen molar-refractivity contribution in [3.8, 4) is 0 Å². The molecule has 0 radical (unpaired) electrons. The largest absolute Gasteiger partial charge is 0.459 e. The summed E-state index contributed by atoms with van der Waals surface area (Å²) in [5.41, 5.74) is 0.973. The lowest BCUT2D eigenvalue weighted by Crippen LogP contribution is -2.63. The average molecular weight is 512 g/mol. The Morgan fingerprint density at radius 2 is 1.68 bits per heavy atom. The predicted molar refractivity (Wildman–Crippen MR) is 133 cm³/mol. The van der Waals surface area contributed by atoms with Crippen molar-refractivity contribution in [1.29, 1.82) is 0 Å². The van der Waals surface area contributed by atoms with E-state index in [1.165, 1.54) is 0 Å². The highest BCUT2D eigenvalue weighted by atomic mass is 16.6. The van der Waals surface area contributed by atoms with Crippen molar-refractivity contribution in [3.05, 3.63) is 29.3 Å². The number of imide groups is 2. The van der Waals surface area contributed by atoms with Gasteiger partial charge in [-0.2, -0.15) is 0 Å². The van der Waals surface area contributed by atoms with E-state index in [2.05, 4.69) is 20.0 Å². The van der Waals surface area contributed by atoms with Gasteiger partial charge in [-0.1, -0.05) is 0 Å². The fourth-order valence-electron chi connectivity index (χ4n) is 5.40. The van der Waals surface area contributed by atoms with Crippen LogP contribution in [0.4, 0.5) is 5.69 Å². The number of amides is 4. The van der Waals surface area contributed by atoms with Gasteiger partial charge in [-0.05, 0) is 45.4 Å². The molecule has 3 saturated heterocycles. The molecule has 37 heavy (non-hydrogen) atoms. The van der Waals surface area contributed by atoms with Gasteiger partial charge in [-0.25, -0.2) is 0 Å². The maximum absolute atomic E-state index is 13.1. The molecule has 0 saturated carbocycles. The molecule has 0 aliphatic carbocycles. The lowest BCUT2D eigenvalue weighted by Gasteiger charge is -2.49. The first kappa shape index (κ1) is 25.3. The molecule has 4 amide bonds. The van der Waals surface area contributed by atoms with Crippen LogP contribution in [0.3, 0.4) is 0 Å². The van der Waals surface area contributed by atoms with Gasteiger partial charge in [0, 0.05) is 57.4 Å². The molecule has 11 heteroatoms. The van der Waals surface area contributed by atoms with Gasteiger partial charge < -0.3 is 9.64 Å². The minimum absolute atomic E-state index is 0.0967. The van der Waals surface area contributed by atoms with E-state index in [-0.39, 0.29) is 24.4 Å². The Kier molecular flexibility index (Phi) is 6.53. The molecule has 3 fully saturated rings. The van der Waals surface area contributed by atoms with Crippen LogP contribution in [0.25, 0.3) is 0 Å². The summed E-state index contributed by atoms with van der Waals surface area (Å²) >= 11 is 0. The molecular formula is C26H33N5O6. The third kappa shape index (κ3) is 5.10. The Hall–Kier alpha value is -3.31. The van der Waals surface area contributed by atoms with E-state index in [4.69, 9.17) is 4.74 Å². The van der Waals surface area contributed by atoms with Gasteiger partial charge in [0.1, 0.15) is 11.6 Å². The third-order valence-corrected chi connectivity index (χ3v) is 7.35. The number of hydrogen-bond donors (Lipinski definition) is 1. The molecule has 1 atom stereocenters. The molecule has 11 nitrogen and oxygen atoms in total. The second-order valence-corrected chi connectivity index (χ2v) is 11.1. The Labute approximate surface area is 215 Å². The number of piperidine rings is 1. The van der Waals surface area contributed by atoms with Gasteiger partial charge in [0.25, 0.3) is 11.8 Å². The number of piperazine rings is 1. The van der Waals surface area contributed by atoms with E-state index in [9.17, 15) is 24.0 Å². The Morgan fingerprint density at radius 3 is 2.32 bits per heavy atom. The number of rotatable bonds is 5. The lowest BCUT2D eigenvalue weighted by molar-refractivity contribution is -0.156. The Morgan fingerprint density at radius 1 is 1.00 bits per heavy atom. The molecule has 4 aliphatic heterocycles. The molecule has 1 unspecified atom stereocenters. The van der Waals surface area contributed by atoms with Crippen molar-refractivity contribution in [2.24, 2.45) is 0 Å². The van der Waals surface area contributed by atoms with Crippen LogP contribution in [0, 0.1) is 0 Å². The number of benzene rings is 1. The van der Waals surface area contributed by atoms with E-state index in [1.54, 1.807) is 12.1 Å². The van der Waals surface area contributed by atoms with E-state index in [0.29, 0.717) is 18.2 Å². The zero-order valence-electron chi connectivity index (χ0n) is 21.5. The normalized spacial score (nSPS) is 23.7. The Bertz CT molecular complexity index is 1150. The summed E-state index contributed by atoms with van der Waals surface area (Å²) in [6, 6.07) is 4.65. The number of nitrogens with one attached hydrogen (secondary N) is 1. The summed E-state index contributed by atoms with van der Waals surface area (Å²) in [4.78, 5) is 69.5. The smallest absolute Gasteiger partial charge is 0.320 e. The van der Waals surface area contributed by atoms with Gasteiger partial charge >= 0.3 is 5.97 Å². The van der Waals surface area contributed by atoms with Gasteiger partial charge in [0.05, 0.1) is 17.7 Å². The second kappa shape index (κ2) is 9.53. The molecule has 4 aliphatic rings. The zero-order chi connectivity index (χ0) is 26.5. The van der Waals surface area contributed by atoms with Crippen LogP contribution < -0.4 is 10.2 Å². The molecular weight excluding hydrogens is 478 g/mol. The molecule has 4 heterocycles. The number of carbonyl (C=O) groups excluding carboxylic acids is 5. The summed E-state index contributed by atoms with van der Waals surface area (Å²) in [5.74, 6) is -2.18. The van der Waals surface area contributed by atoms with E-state index < -0.39 is 35.3 Å². The quantitative estimate of drug-likeness (QED) is 0.438. The van der Waals surface area contributed by atoms with Crippen LogP contribution in [0.15, 0.2) is 18.2 Å². The van der Waals surface area contributed by atoms with Crippen LogP contribution in [-0.4, -0.2) is 108 Å². The number of anilines is 1. The van der Waals surface area contributed by atoms with Crippen molar-refractivity contribution >= 4 is 35.3 Å². The van der Waals surface area contributed by atoms with Crippen molar-refractivity contribution in [3.63, 3.8) is 0 Å². The van der Waals surface area contributed by atoms with E-state index in [1.807, 2.05) is 26.8 Å². The van der Waals surface area contributed by atoms with Gasteiger partial charge in [-0.15, -0.1) is 0 Å². The first-order valence-electron chi connectivity index (χ1n) is 12.8. The fourth-order valence-corrected chi connectivity index (χ4v) is 5.40. The topological polar surface area (TPSA) is 120 Å². The fraction of sp³-hybridized carbons (Fsp3) is 0.577. The van der Waals surface area contributed by atoms with Gasteiger partial charge in [0.2, 0.25) is 11.8 Å². The van der Waals surface area contributed by atoms with Crippen LogP contribution in [0.5, 0.6) is 0 Å². The molecule has 0 aromatic heterocycles. The number of ether oxygens (including phenoxy) is 1. The summed E-state index contributed by atoms with van der Waals surface area (Å²) < 4.78 is 5.42. The van der Waals surface area contributed by atoms with Crippen LogP contribution in [-0.2, 0) is 19.1 Å². The second-order valence-electron chi connectivity index (χ2n) is 11.1. The van der Waals surface area contributed by atoms with Crippen LogP contribution >= 0.6 is 0 Å². The molecule has 5 rings (SSSR count). The molecule has 0 spiro atoms. The van der Waals surface area contributed by atoms with Crippen molar-refractivity contribution in [1.82, 2.24) is 20.0 Å². The summed E-state index contributed by atoms with van der Waals surface area (Å²) in [6.07, 6.45) is 0.237. The third-order valence-electron chi connectivity index (χ3n) is 7.35. The molecule has 1 N–H and O–H groups in total. The number of nitrogens with zero attached hydrogens (tertiary/aromatic N) is 4. The van der Waals surface area contributed by atoms with Crippen LogP contribution in [0.2, 0.25) is 0 Å². The maximum Gasteiger partial charge on any atom is 0.320 e. The van der Waals surface area contributed by atoms with Gasteiger partial charge in [0.15, 0.2) is 0 Å². The molecule has 1 aromatic carbocycles. The SMILES string of the molecule is CC(C)(C)OC(=O)CN1CCN(C2CN(c3ccc4c(c3)C(=O)N(C3CCC(=O)NC3=O)C4=O)C2)CC1. The summed E-state index contributed by atoms with van der Waals surface area (Å²) in [7, 11) is 0. The lowest BCUT2D eigenvalue weighted by atomic mass is 10.0. The first-order valence-corrected chi connectivity index (χ1v) is 12.8. The standard InChI is InChI=1S/C26H33N5O6/c1-26(2,3)37-22(33)15-28-8-10-29(11-9-28)17-13-30(14-17)16-4-5-18-19(12-16)25(36)31(24(18)35)20-6-7-21(32)27-23(20)34/h4-5,12,17,20H,6-11,13-15H2,1-3H3,(H,27,32,34). The van der Waals surface area contributed by atoms with Crippen molar-refractivity contribution < 1.29 is 28.7 Å². The minimum atomic E-state index is -0.962. The monoisotopic (exact) mass is 511 g/mol. The minimum Gasteiger partial charge on any atom is -0.459 e. The zero-order valence-corrected chi connectivity index (χ0v) is 21.5.